The lowest BCUT2D eigenvalue weighted by Crippen LogP contribution is -2.42. The van der Waals surface area contributed by atoms with Gasteiger partial charge < -0.3 is 14.8 Å². The van der Waals surface area contributed by atoms with E-state index in [0.29, 0.717) is 44.1 Å². The van der Waals surface area contributed by atoms with Crippen molar-refractivity contribution in [1.29, 1.82) is 0 Å². The molecule has 30 heavy (non-hydrogen) atoms. The molecule has 1 saturated heterocycles. The molecule has 160 valence electrons. The van der Waals surface area contributed by atoms with Crippen molar-refractivity contribution in [1.82, 2.24) is 9.62 Å². The smallest absolute Gasteiger partial charge is 0.243 e. The van der Waals surface area contributed by atoms with Crippen LogP contribution in [-0.4, -0.2) is 44.9 Å². The third kappa shape index (κ3) is 4.41. The second-order valence-electron chi connectivity index (χ2n) is 7.33. The van der Waals surface area contributed by atoms with Crippen LogP contribution in [0, 0.1) is 11.7 Å². The van der Waals surface area contributed by atoms with E-state index in [1.54, 1.807) is 18.2 Å². The molecule has 0 aromatic heterocycles. The Bertz CT molecular complexity index is 1020. The number of halogens is 1. The fourth-order valence-electron chi connectivity index (χ4n) is 3.63. The molecule has 2 aliphatic rings. The summed E-state index contributed by atoms with van der Waals surface area (Å²) in [5.74, 6) is 0.277. The number of ether oxygens (including phenoxy) is 2. The summed E-state index contributed by atoms with van der Waals surface area (Å²) < 4.78 is 51.3. The summed E-state index contributed by atoms with van der Waals surface area (Å²) in [5.41, 5.74) is 0.809. The van der Waals surface area contributed by atoms with Crippen molar-refractivity contribution in [3.63, 3.8) is 0 Å². The lowest BCUT2D eigenvalue weighted by molar-refractivity contribution is -0.126. The molecule has 1 N–H and O–H groups in total. The highest BCUT2D eigenvalue weighted by molar-refractivity contribution is 7.89. The Morgan fingerprint density at radius 2 is 1.70 bits per heavy atom. The van der Waals surface area contributed by atoms with Crippen LogP contribution in [0.25, 0.3) is 0 Å². The van der Waals surface area contributed by atoms with Gasteiger partial charge in [0, 0.05) is 31.6 Å². The molecule has 0 bridgehead atoms. The van der Waals surface area contributed by atoms with Gasteiger partial charge in [0.2, 0.25) is 15.9 Å². The van der Waals surface area contributed by atoms with Crippen LogP contribution in [0.15, 0.2) is 47.4 Å². The Morgan fingerprint density at radius 3 is 2.40 bits per heavy atom. The van der Waals surface area contributed by atoms with E-state index in [1.807, 2.05) is 0 Å². The van der Waals surface area contributed by atoms with Gasteiger partial charge in [-0.3, -0.25) is 4.79 Å². The predicted octanol–water partition coefficient (Wildman–Crippen LogP) is 2.31. The number of benzene rings is 2. The molecule has 0 atom stereocenters. The molecule has 2 aromatic carbocycles. The third-order valence-electron chi connectivity index (χ3n) is 5.36. The van der Waals surface area contributed by atoms with Crippen LogP contribution in [0.5, 0.6) is 11.5 Å². The Labute approximate surface area is 174 Å². The molecule has 1 fully saturated rings. The molecular formula is C21H23FN2O5S. The number of amides is 1. The summed E-state index contributed by atoms with van der Waals surface area (Å²) in [6, 6.07) is 10.6. The Kier molecular flexibility index (Phi) is 5.92. The molecular weight excluding hydrogens is 411 g/mol. The van der Waals surface area contributed by atoms with Crippen molar-refractivity contribution >= 4 is 15.9 Å². The summed E-state index contributed by atoms with van der Waals surface area (Å²) in [5, 5.41) is 2.85. The maximum atomic E-state index is 13.0. The van der Waals surface area contributed by atoms with Crippen LogP contribution < -0.4 is 14.8 Å². The van der Waals surface area contributed by atoms with Gasteiger partial charge in [-0.1, -0.05) is 12.1 Å². The lowest BCUT2D eigenvalue weighted by Gasteiger charge is -2.31. The molecule has 2 aliphatic heterocycles. The maximum absolute atomic E-state index is 13.0. The summed E-state index contributed by atoms with van der Waals surface area (Å²) in [6.45, 7) is 1.68. The zero-order chi connectivity index (χ0) is 21.1. The Hall–Kier alpha value is -2.65. The van der Waals surface area contributed by atoms with Crippen molar-refractivity contribution in [2.75, 3.05) is 26.3 Å². The summed E-state index contributed by atoms with van der Waals surface area (Å²) in [6.07, 6.45) is 0.887. The van der Waals surface area contributed by atoms with Gasteiger partial charge in [-0.15, -0.1) is 0 Å². The molecule has 0 radical (unpaired) electrons. The van der Waals surface area contributed by atoms with Crippen molar-refractivity contribution in [3.05, 3.63) is 53.8 Å². The highest BCUT2D eigenvalue weighted by atomic mass is 32.2. The number of piperidine rings is 1. The fraction of sp³-hybridized carbons (Fsp3) is 0.381. The van der Waals surface area contributed by atoms with Gasteiger partial charge in [-0.25, -0.2) is 12.8 Å². The fourth-order valence-corrected chi connectivity index (χ4v) is 5.11. The van der Waals surface area contributed by atoms with Gasteiger partial charge in [0.05, 0.1) is 4.90 Å². The number of carbonyl (C=O) groups is 1. The summed E-state index contributed by atoms with van der Waals surface area (Å²) in [4.78, 5) is 12.6. The molecule has 0 aliphatic carbocycles. The van der Waals surface area contributed by atoms with E-state index < -0.39 is 10.0 Å². The van der Waals surface area contributed by atoms with E-state index in [2.05, 4.69) is 5.32 Å². The molecule has 0 spiro atoms. The number of hydrogen-bond acceptors (Lipinski definition) is 5. The molecule has 2 aromatic rings. The number of carbonyl (C=O) groups excluding carboxylic acids is 1. The number of nitrogens with one attached hydrogen (secondary N) is 1. The molecule has 7 nitrogen and oxygen atoms in total. The SMILES string of the molecule is O=C(NCc1ccc(F)cc1)C1CCN(S(=O)(=O)c2ccc3c(c2)OCCO3)CC1. The zero-order valence-electron chi connectivity index (χ0n) is 16.3. The van der Waals surface area contributed by atoms with Crippen LogP contribution >= 0.6 is 0 Å². The monoisotopic (exact) mass is 434 g/mol. The molecule has 9 heteroatoms. The van der Waals surface area contributed by atoms with Gasteiger partial charge in [-0.05, 0) is 42.7 Å². The van der Waals surface area contributed by atoms with Crippen LogP contribution in [0.3, 0.4) is 0 Å². The first-order chi connectivity index (χ1) is 14.4. The van der Waals surface area contributed by atoms with Gasteiger partial charge >= 0.3 is 0 Å². The first-order valence-electron chi connectivity index (χ1n) is 9.85. The molecule has 1 amide bonds. The van der Waals surface area contributed by atoms with Crippen LogP contribution in [-0.2, 0) is 21.4 Å². The second-order valence-corrected chi connectivity index (χ2v) is 9.27. The van der Waals surface area contributed by atoms with E-state index in [9.17, 15) is 17.6 Å². The van der Waals surface area contributed by atoms with Crippen LogP contribution in [0.4, 0.5) is 4.39 Å². The summed E-state index contributed by atoms with van der Waals surface area (Å²) in [7, 11) is -3.67. The Balaban J connectivity index is 1.34. The van der Waals surface area contributed by atoms with Gasteiger partial charge in [0.1, 0.15) is 19.0 Å². The Morgan fingerprint density at radius 1 is 1.03 bits per heavy atom. The summed E-state index contributed by atoms with van der Waals surface area (Å²) >= 11 is 0. The van der Waals surface area contributed by atoms with Crippen molar-refractivity contribution in [2.45, 2.75) is 24.3 Å². The predicted molar refractivity (Wildman–Crippen MR) is 107 cm³/mol. The zero-order valence-corrected chi connectivity index (χ0v) is 17.2. The molecule has 2 heterocycles. The minimum absolute atomic E-state index is 0.115. The third-order valence-corrected chi connectivity index (χ3v) is 7.25. The van der Waals surface area contributed by atoms with Crippen LogP contribution in [0.1, 0.15) is 18.4 Å². The van der Waals surface area contributed by atoms with Crippen molar-refractivity contribution in [3.8, 4) is 11.5 Å². The minimum Gasteiger partial charge on any atom is -0.486 e. The van der Waals surface area contributed by atoms with E-state index >= 15 is 0 Å². The number of nitrogens with zero attached hydrogens (tertiary/aromatic N) is 1. The first-order valence-corrected chi connectivity index (χ1v) is 11.3. The second kappa shape index (κ2) is 8.61. The number of sulfonamides is 1. The van der Waals surface area contributed by atoms with E-state index in [1.165, 1.54) is 28.6 Å². The number of rotatable bonds is 5. The molecule has 0 unspecified atom stereocenters. The van der Waals surface area contributed by atoms with E-state index in [4.69, 9.17) is 9.47 Å². The lowest BCUT2D eigenvalue weighted by atomic mass is 9.97. The van der Waals surface area contributed by atoms with E-state index in [0.717, 1.165) is 5.56 Å². The topological polar surface area (TPSA) is 84.9 Å². The average molecular weight is 434 g/mol. The normalized spacial score (nSPS) is 17.5. The van der Waals surface area contributed by atoms with Gasteiger partial charge in [-0.2, -0.15) is 4.31 Å². The van der Waals surface area contributed by atoms with Crippen molar-refractivity contribution < 1.29 is 27.1 Å². The number of hydrogen-bond donors (Lipinski definition) is 1. The maximum Gasteiger partial charge on any atom is 0.243 e. The van der Waals surface area contributed by atoms with Gasteiger partial charge in [0.25, 0.3) is 0 Å². The van der Waals surface area contributed by atoms with Gasteiger partial charge in [0.15, 0.2) is 11.5 Å². The highest BCUT2D eigenvalue weighted by Gasteiger charge is 2.32. The highest BCUT2D eigenvalue weighted by Crippen LogP contribution is 2.34. The van der Waals surface area contributed by atoms with Crippen molar-refractivity contribution in [2.24, 2.45) is 5.92 Å². The largest absolute Gasteiger partial charge is 0.486 e. The molecule has 4 rings (SSSR count). The quantitative estimate of drug-likeness (QED) is 0.781. The van der Waals surface area contributed by atoms with Crippen LogP contribution in [0.2, 0.25) is 0 Å². The first kappa shape index (κ1) is 20.6. The van der Waals surface area contributed by atoms with E-state index in [-0.39, 0.29) is 35.6 Å². The standard InChI is InChI=1S/C21H23FN2O5S/c22-17-3-1-15(2-4-17)14-23-21(25)16-7-9-24(10-8-16)30(26,27)18-5-6-19-20(13-18)29-12-11-28-19/h1-6,13,16H,7-12,14H2,(H,23,25). The minimum atomic E-state index is -3.67. The average Bonchev–Trinajstić information content (AvgIpc) is 2.78. The molecule has 0 saturated carbocycles. The number of fused-ring (bicyclic) bond motifs is 1.